The molecule has 1 saturated heterocycles. The highest BCUT2D eigenvalue weighted by atomic mass is 16.2. The van der Waals surface area contributed by atoms with E-state index in [9.17, 15) is 19.2 Å². The molecule has 0 atom stereocenters. The van der Waals surface area contributed by atoms with Gasteiger partial charge in [-0.25, -0.2) is 0 Å². The number of allylic oxidation sites excluding steroid dienone is 2. The van der Waals surface area contributed by atoms with Gasteiger partial charge < -0.3 is 22.1 Å². The summed E-state index contributed by atoms with van der Waals surface area (Å²) < 4.78 is 0. The molecule has 1 aliphatic rings. The van der Waals surface area contributed by atoms with E-state index in [0.717, 1.165) is 19.0 Å². The molecule has 0 aromatic rings. The first kappa shape index (κ1) is 23.1. The molecular weight excluding hydrogens is 312 g/mol. The van der Waals surface area contributed by atoms with E-state index in [1.165, 1.54) is 12.2 Å². The monoisotopic (exact) mass is 336 g/mol. The molecule has 0 aliphatic carbocycles. The van der Waals surface area contributed by atoms with Gasteiger partial charge in [-0.1, -0.05) is 25.3 Å². The summed E-state index contributed by atoms with van der Waals surface area (Å²) in [7, 11) is 0. The second-order valence-electron chi connectivity index (χ2n) is 4.32. The first-order valence-corrected chi connectivity index (χ1v) is 7.00. The van der Waals surface area contributed by atoms with Crippen molar-refractivity contribution in [3.63, 3.8) is 0 Å². The Morgan fingerprint density at radius 3 is 1.67 bits per heavy atom. The van der Waals surface area contributed by atoms with Crippen LogP contribution >= 0.6 is 0 Å². The molecule has 6 N–H and O–H groups in total. The van der Waals surface area contributed by atoms with Gasteiger partial charge in [-0.05, 0) is 37.3 Å². The Kier molecular flexibility index (Phi) is 14.2. The lowest BCUT2D eigenvalue weighted by atomic mass is 10.3. The van der Waals surface area contributed by atoms with Gasteiger partial charge in [-0.15, -0.1) is 0 Å². The van der Waals surface area contributed by atoms with Crippen molar-refractivity contribution in [3.05, 3.63) is 49.7 Å². The molecule has 0 spiro atoms. The van der Waals surface area contributed by atoms with Crippen LogP contribution in [0.4, 0.5) is 0 Å². The zero-order chi connectivity index (χ0) is 19.0. The number of carbonyl (C=O) groups excluding carboxylic acids is 4. The van der Waals surface area contributed by atoms with Gasteiger partial charge in [0, 0.05) is 13.0 Å². The fourth-order valence-electron chi connectivity index (χ4n) is 1.31. The molecule has 0 saturated carbocycles. The van der Waals surface area contributed by atoms with Crippen LogP contribution in [0.5, 0.6) is 0 Å². The third-order valence-corrected chi connectivity index (χ3v) is 2.37. The summed E-state index contributed by atoms with van der Waals surface area (Å²) in [4.78, 5) is 42.0. The summed E-state index contributed by atoms with van der Waals surface area (Å²) in [6.07, 6.45) is 10.4. The van der Waals surface area contributed by atoms with Gasteiger partial charge in [-0.2, -0.15) is 0 Å². The average Bonchev–Trinajstić information content (AvgIpc) is 2.92. The standard InChI is InChI=1S/C7H10N2O2.C6H9NO.C3H5NO/c8-6(10)4-2-1-3-5-7(9)11;1-2-7-5-3-4-6(7)8;1-2-3(4)5/h2-5H,1H2,(H2,8,10)(H2,9,11);2H,1,3-5H2;2H,1H2,(H2,4,5). The van der Waals surface area contributed by atoms with Crippen LogP contribution in [0.15, 0.2) is 49.7 Å². The van der Waals surface area contributed by atoms with Crippen molar-refractivity contribution in [2.24, 2.45) is 17.2 Å². The van der Waals surface area contributed by atoms with Crippen LogP contribution in [0.25, 0.3) is 0 Å². The highest BCUT2D eigenvalue weighted by Crippen LogP contribution is 2.08. The van der Waals surface area contributed by atoms with Gasteiger partial charge in [0.05, 0.1) is 0 Å². The van der Waals surface area contributed by atoms with Gasteiger partial charge in [0.2, 0.25) is 23.6 Å². The first-order chi connectivity index (χ1) is 11.2. The molecule has 0 bridgehead atoms. The van der Waals surface area contributed by atoms with E-state index in [4.69, 9.17) is 11.5 Å². The highest BCUT2D eigenvalue weighted by Gasteiger charge is 2.15. The number of primary amides is 3. The first-order valence-electron chi connectivity index (χ1n) is 7.00. The van der Waals surface area contributed by atoms with Crippen LogP contribution in [0, 0.1) is 0 Å². The number of rotatable bonds is 6. The van der Waals surface area contributed by atoms with E-state index in [1.807, 2.05) is 0 Å². The largest absolute Gasteiger partial charge is 0.366 e. The molecule has 0 unspecified atom stereocenters. The fraction of sp³-hybridized carbons (Fsp3) is 0.250. The van der Waals surface area contributed by atoms with Crippen LogP contribution in [-0.4, -0.2) is 35.1 Å². The van der Waals surface area contributed by atoms with Crippen molar-refractivity contribution in [3.8, 4) is 0 Å². The number of amides is 4. The van der Waals surface area contributed by atoms with Crippen LogP contribution in [0.2, 0.25) is 0 Å². The molecule has 0 aromatic heterocycles. The van der Waals surface area contributed by atoms with Gasteiger partial charge in [-0.3, -0.25) is 19.2 Å². The summed E-state index contributed by atoms with van der Waals surface area (Å²) in [5.41, 5.74) is 14.1. The Bertz CT molecular complexity index is 502. The normalized spacial score (nSPS) is 12.8. The third-order valence-electron chi connectivity index (χ3n) is 2.37. The van der Waals surface area contributed by atoms with E-state index < -0.39 is 17.7 Å². The molecule has 8 nitrogen and oxygen atoms in total. The summed E-state index contributed by atoms with van der Waals surface area (Å²) in [5.74, 6) is -1.28. The van der Waals surface area contributed by atoms with Crippen molar-refractivity contribution >= 4 is 23.6 Å². The van der Waals surface area contributed by atoms with Crippen molar-refractivity contribution in [2.45, 2.75) is 19.3 Å². The van der Waals surface area contributed by atoms with Gasteiger partial charge in [0.25, 0.3) is 0 Å². The minimum absolute atomic E-state index is 0.208. The molecule has 0 radical (unpaired) electrons. The molecule has 1 rings (SSSR count). The molecule has 1 fully saturated rings. The maximum atomic E-state index is 10.7. The third kappa shape index (κ3) is 16.9. The predicted octanol–water partition coefficient (Wildman–Crippen LogP) is -0.130. The zero-order valence-electron chi connectivity index (χ0n) is 13.5. The summed E-state index contributed by atoms with van der Waals surface area (Å²) in [5, 5.41) is 0. The molecule has 4 amide bonds. The lowest BCUT2D eigenvalue weighted by Crippen LogP contribution is -2.16. The van der Waals surface area contributed by atoms with Crippen molar-refractivity contribution in [1.82, 2.24) is 4.90 Å². The zero-order valence-corrected chi connectivity index (χ0v) is 13.5. The predicted molar refractivity (Wildman–Crippen MR) is 91.8 cm³/mol. The quantitative estimate of drug-likeness (QED) is 0.579. The fourth-order valence-corrected chi connectivity index (χ4v) is 1.31. The van der Waals surface area contributed by atoms with Crippen molar-refractivity contribution in [1.29, 1.82) is 0 Å². The molecule has 132 valence electrons. The molecule has 1 heterocycles. The van der Waals surface area contributed by atoms with E-state index in [1.54, 1.807) is 23.3 Å². The molecule has 24 heavy (non-hydrogen) atoms. The SMILES string of the molecule is C=CC(N)=O.C=CN1CCCC1=O.NC(=O)C=CCC=CC(N)=O. The molecule has 1 aliphatic heterocycles. The lowest BCUT2D eigenvalue weighted by Gasteiger charge is -2.05. The van der Waals surface area contributed by atoms with E-state index in [-0.39, 0.29) is 5.91 Å². The Morgan fingerprint density at radius 1 is 1.00 bits per heavy atom. The van der Waals surface area contributed by atoms with Crippen LogP contribution in [0.3, 0.4) is 0 Å². The maximum absolute atomic E-state index is 10.7. The Hall–Kier alpha value is -3.16. The minimum atomic E-state index is -0.502. The van der Waals surface area contributed by atoms with Crippen LogP contribution < -0.4 is 17.2 Å². The minimum Gasteiger partial charge on any atom is -0.366 e. The van der Waals surface area contributed by atoms with Crippen molar-refractivity contribution in [2.75, 3.05) is 6.54 Å². The summed E-state index contributed by atoms with van der Waals surface area (Å²) in [6.45, 7) is 7.45. The highest BCUT2D eigenvalue weighted by molar-refractivity contribution is 5.86. The number of carbonyl (C=O) groups is 4. The van der Waals surface area contributed by atoms with Gasteiger partial charge in [0.15, 0.2) is 0 Å². The lowest BCUT2D eigenvalue weighted by molar-refractivity contribution is -0.125. The van der Waals surface area contributed by atoms with E-state index in [2.05, 4.69) is 18.9 Å². The van der Waals surface area contributed by atoms with Crippen LogP contribution in [-0.2, 0) is 19.2 Å². The average molecular weight is 336 g/mol. The van der Waals surface area contributed by atoms with Crippen LogP contribution in [0.1, 0.15) is 19.3 Å². The second-order valence-corrected chi connectivity index (χ2v) is 4.32. The summed E-state index contributed by atoms with van der Waals surface area (Å²) >= 11 is 0. The van der Waals surface area contributed by atoms with E-state index >= 15 is 0 Å². The van der Waals surface area contributed by atoms with E-state index in [0.29, 0.717) is 12.8 Å². The number of nitrogens with zero attached hydrogens (tertiary/aromatic N) is 1. The van der Waals surface area contributed by atoms with Crippen molar-refractivity contribution < 1.29 is 19.2 Å². The Labute approximate surface area is 141 Å². The number of hydrogen-bond acceptors (Lipinski definition) is 4. The maximum Gasteiger partial charge on any atom is 0.241 e. The topological polar surface area (TPSA) is 150 Å². The molecule has 0 aromatic carbocycles. The van der Waals surface area contributed by atoms with Gasteiger partial charge in [0.1, 0.15) is 0 Å². The number of nitrogens with two attached hydrogens (primary N) is 3. The molecular formula is C16H24N4O4. The molecule has 8 heteroatoms. The Morgan fingerprint density at radius 2 is 1.46 bits per heavy atom. The Balaban J connectivity index is 0. The second kappa shape index (κ2) is 14.8. The summed E-state index contributed by atoms with van der Waals surface area (Å²) in [6, 6.07) is 0. The smallest absolute Gasteiger partial charge is 0.241 e. The number of hydrogen-bond donors (Lipinski definition) is 3. The number of likely N-dealkylation sites (tertiary alicyclic amines) is 1. The van der Waals surface area contributed by atoms with Gasteiger partial charge >= 0.3 is 0 Å².